The van der Waals surface area contributed by atoms with E-state index in [1.165, 1.54) is 0 Å². The van der Waals surface area contributed by atoms with Gasteiger partial charge in [-0.15, -0.1) is 0 Å². The standard InChI is InChI=1S/C7HF13O2.C4H12N2S2/c8-2(9,1(21)22)3(10,11)4(12,13)5(14,15)6(16,17)7(18,19)20;5-1-3-7-8-4-2-6/h(H,21,22);1-6H2. The second-order valence-corrected chi connectivity index (χ2v) is 7.60. The second-order valence-electron chi connectivity index (χ2n) is 4.90. The van der Waals surface area contributed by atoms with Gasteiger partial charge in [-0.1, -0.05) is 21.6 Å². The molecule has 0 radical (unpaired) electrons. The predicted molar refractivity (Wildman–Crippen MR) is 81.5 cm³/mol. The zero-order valence-corrected chi connectivity index (χ0v) is 15.7. The second kappa shape index (κ2) is 10.7. The van der Waals surface area contributed by atoms with Gasteiger partial charge >= 0.3 is 41.8 Å². The van der Waals surface area contributed by atoms with Crippen molar-refractivity contribution in [1.82, 2.24) is 0 Å². The van der Waals surface area contributed by atoms with Gasteiger partial charge in [0.15, 0.2) is 0 Å². The smallest absolute Gasteiger partial charge is 0.460 e. The highest BCUT2D eigenvalue weighted by atomic mass is 33.1. The summed E-state index contributed by atoms with van der Waals surface area (Å²) in [7, 11) is 3.58. The first-order valence-corrected chi connectivity index (χ1v) is 9.43. The van der Waals surface area contributed by atoms with Gasteiger partial charge < -0.3 is 16.6 Å². The minimum atomic E-state index is -8.08. The molecule has 0 aliphatic carbocycles. The minimum absolute atomic E-state index is 0.766. The molecule has 0 amide bonds. The molecule has 30 heavy (non-hydrogen) atoms. The molecule has 0 aromatic rings. The van der Waals surface area contributed by atoms with Gasteiger partial charge in [-0.3, -0.25) is 0 Å². The van der Waals surface area contributed by atoms with Gasteiger partial charge in [-0.2, -0.15) is 57.1 Å². The van der Waals surface area contributed by atoms with Crippen LogP contribution in [0.15, 0.2) is 0 Å². The number of rotatable bonds is 10. The molecule has 0 heterocycles. The van der Waals surface area contributed by atoms with Crippen LogP contribution in [0.5, 0.6) is 0 Å². The summed E-state index contributed by atoms with van der Waals surface area (Å²) in [6.07, 6.45) is -7.52. The maximum absolute atomic E-state index is 12.6. The van der Waals surface area contributed by atoms with E-state index in [1.54, 1.807) is 21.6 Å². The third-order valence-corrected chi connectivity index (χ3v) is 5.16. The van der Waals surface area contributed by atoms with Crippen molar-refractivity contribution >= 4 is 27.6 Å². The molecule has 0 rings (SSSR count). The van der Waals surface area contributed by atoms with Gasteiger partial charge in [0.2, 0.25) is 0 Å². The maximum atomic E-state index is 12.6. The van der Waals surface area contributed by atoms with Crippen LogP contribution < -0.4 is 11.5 Å². The molecular weight excluding hydrogens is 503 g/mol. The van der Waals surface area contributed by atoms with E-state index in [0.29, 0.717) is 0 Å². The molecule has 0 aromatic heterocycles. The van der Waals surface area contributed by atoms with E-state index in [-0.39, 0.29) is 0 Å². The first kappa shape index (κ1) is 31.4. The fraction of sp³-hybridized carbons (Fsp3) is 0.909. The Morgan fingerprint density at radius 1 is 0.633 bits per heavy atom. The Morgan fingerprint density at radius 2 is 0.933 bits per heavy atom. The van der Waals surface area contributed by atoms with Gasteiger partial charge in [0, 0.05) is 24.6 Å². The first-order chi connectivity index (χ1) is 13.1. The number of hydrogen-bond donors (Lipinski definition) is 3. The van der Waals surface area contributed by atoms with Crippen LogP contribution in [0, 0.1) is 0 Å². The number of carboxylic acids is 1. The Hall–Kier alpha value is -0.820. The Labute approximate surface area is 167 Å². The summed E-state index contributed by atoms with van der Waals surface area (Å²) in [5, 5.41) is 7.55. The molecule has 0 aliphatic rings. The summed E-state index contributed by atoms with van der Waals surface area (Å²) >= 11 is 0. The fourth-order valence-corrected chi connectivity index (χ4v) is 2.83. The van der Waals surface area contributed by atoms with E-state index >= 15 is 0 Å². The van der Waals surface area contributed by atoms with Crippen molar-refractivity contribution in [2.24, 2.45) is 11.5 Å². The number of carbonyl (C=O) groups is 1. The maximum Gasteiger partial charge on any atom is 0.460 e. The predicted octanol–water partition coefficient (Wildman–Crippen LogP) is 4.10. The zero-order valence-electron chi connectivity index (χ0n) is 14.1. The van der Waals surface area contributed by atoms with E-state index in [4.69, 9.17) is 16.6 Å². The van der Waals surface area contributed by atoms with Crippen molar-refractivity contribution in [2.75, 3.05) is 24.6 Å². The molecule has 0 fully saturated rings. The molecule has 0 atom stereocenters. The first-order valence-electron chi connectivity index (χ1n) is 6.95. The lowest BCUT2D eigenvalue weighted by molar-refractivity contribution is -0.436. The summed E-state index contributed by atoms with van der Waals surface area (Å²) < 4.78 is 159. The number of nitrogens with two attached hydrogens (primary N) is 2. The Morgan fingerprint density at radius 3 is 1.17 bits per heavy atom. The molecule has 5 N–H and O–H groups in total. The zero-order chi connectivity index (χ0) is 24.8. The Kier molecular flexibility index (Phi) is 11.2. The van der Waals surface area contributed by atoms with Crippen molar-refractivity contribution in [2.45, 2.75) is 35.8 Å². The van der Waals surface area contributed by atoms with Crippen LogP contribution in [0.25, 0.3) is 0 Å². The molecule has 0 aromatic carbocycles. The van der Waals surface area contributed by atoms with Crippen molar-refractivity contribution < 1.29 is 67.0 Å². The monoisotopic (exact) mass is 516 g/mol. The number of hydrogen-bond acceptors (Lipinski definition) is 5. The lowest BCUT2D eigenvalue weighted by Crippen LogP contribution is -2.71. The average molecular weight is 516 g/mol. The highest BCUT2D eigenvalue weighted by Gasteiger charge is 2.91. The normalized spacial score (nSPS) is 14.2. The molecule has 0 unspecified atom stereocenters. The summed E-state index contributed by atoms with van der Waals surface area (Å²) in [6.45, 7) is 1.53. The fourth-order valence-electron chi connectivity index (χ4n) is 1.12. The molecule has 0 spiro atoms. The number of aliphatic carboxylic acids is 1. The van der Waals surface area contributed by atoms with E-state index in [2.05, 4.69) is 0 Å². The number of halogens is 13. The molecule has 0 bridgehead atoms. The van der Waals surface area contributed by atoms with Gasteiger partial charge in [0.25, 0.3) is 0 Å². The molecule has 0 aliphatic heterocycles. The third-order valence-electron chi connectivity index (χ3n) is 2.69. The van der Waals surface area contributed by atoms with Crippen molar-refractivity contribution in [3.05, 3.63) is 0 Å². The topological polar surface area (TPSA) is 89.3 Å². The van der Waals surface area contributed by atoms with E-state index in [9.17, 15) is 61.9 Å². The third kappa shape index (κ3) is 6.12. The van der Waals surface area contributed by atoms with Crippen molar-refractivity contribution in [3.8, 4) is 0 Å². The Bertz CT molecular complexity index is 552. The van der Waals surface area contributed by atoms with Crippen LogP contribution in [0.1, 0.15) is 0 Å². The highest BCUT2D eigenvalue weighted by Crippen LogP contribution is 2.60. The lowest BCUT2D eigenvalue weighted by Gasteiger charge is -2.38. The minimum Gasteiger partial charge on any atom is -0.477 e. The molecule has 0 saturated carbocycles. The van der Waals surface area contributed by atoms with Crippen LogP contribution in [0.3, 0.4) is 0 Å². The molecule has 19 heteroatoms. The van der Waals surface area contributed by atoms with E-state index in [1.807, 2.05) is 0 Å². The van der Waals surface area contributed by atoms with Gasteiger partial charge in [-0.05, 0) is 0 Å². The molecular formula is C11H13F13N2O2S2. The van der Waals surface area contributed by atoms with Crippen LogP contribution in [-0.2, 0) is 4.79 Å². The molecule has 0 saturated heterocycles. The summed E-state index contributed by atoms with van der Waals surface area (Å²) in [4.78, 5) is 9.67. The summed E-state index contributed by atoms with van der Waals surface area (Å²) in [5.74, 6) is -40.9. The summed E-state index contributed by atoms with van der Waals surface area (Å²) in [6, 6.07) is 0. The largest absolute Gasteiger partial charge is 0.477 e. The number of alkyl halides is 13. The summed E-state index contributed by atoms with van der Waals surface area (Å²) in [5.41, 5.74) is 10.5. The molecule has 4 nitrogen and oxygen atoms in total. The van der Waals surface area contributed by atoms with Crippen LogP contribution in [0.2, 0.25) is 0 Å². The van der Waals surface area contributed by atoms with Gasteiger partial charge in [0.1, 0.15) is 0 Å². The average Bonchev–Trinajstić information content (AvgIpc) is 2.57. The van der Waals surface area contributed by atoms with E-state index in [0.717, 1.165) is 24.6 Å². The van der Waals surface area contributed by atoms with Crippen LogP contribution in [-0.4, -0.2) is 71.5 Å². The lowest BCUT2D eigenvalue weighted by atomic mass is 9.94. The molecule has 182 valence electrons. The van der Waals surface area contributed by atoms with Crippen molar-refractivity contribution in [1.29, 1.82) is 0 Å². The van der Waals surface area contributed by atoms with Crippen molar-refractivity contribution in [3.63, 3.8) is 0 Å². The van der Waals surface area contributed by atoms with Gasteiger partial charge in [0.05, 0.1) is 0 Å². The highest BCUT2D eigenvalue weighted by molar-refractivity contribution is 8.76. The van der Waals surface area contributed by atoms with Crippen LogP contribution >= 0.6 is 21.6 Å². The quantitative estimate of drug-likeness (QED) is 0.230. The van der Waals surface area contributed by atoms with E-state index < -0.39 is 41.8 Å². The SMILES string of the molecule is NCCSSCCN.O=C(O)C(F)(F)C(F)(F)C(F)(F)C(F)(F)C(F)(F)C(F)(F)F. The Balaban J connectivity index is 0. The van der Waals surface area contributed by atoms with Gasteiger partial charge in [-0.25, -0.2) is 4.79 Å². The number of carboxylic acid groups (broad SMARTS) is 1. The van der Waals surface area contributed by atoms with Crippen LogP contribution in [0.4, 0.5) is 57.1 Å².